The number of anilines is 1. The summed E-state index contributed by atoms with van der Waals surface area (Å²) in [4.78, 5) is 12.0. The molecule has 0 aromatic heterocycles. The van der Waals surface area contributed by atoms with E-state index >= 15 is 0 Å². The molecule has 0 fully saturated rings. The highest BCUT2D eigenvalue weighted by atomic mass is 16.3. The topological polar surface area (TPSA) is 69.6 Å². The number of nitrogens with one attached hydrogen (secondary N) is 1. The first-order valence-corrected chi connectivity index (χ1v) is 5.88. The van der Waals surface area contributed by atoms with Crippen LogP contribution in [0.1, 0.15) is 21.5 Å². The minimum absolute atomic E-state index is 0.0182. The lowest BCUT2D eigenvalue weighted by Gasteiger charge is -2.08. The van der Waals surface area contributed by atoms with Crippen molar-refractivity contribution in [1.29, 1.82) is 0 Å². The van der Waals surface area contributed by atoms with Crippen LogP contribution >= 0.6 is 0 Å². The lowest BCUT2D eigenvalue weighted by atomic mass is 10.1. The van der Waals surface area contributed by atoms with Gasteiger partial charge in [0, 0.05) is 5.56 Å². The molecule has 0 aliphatic heterocycles. The number of phenols is 2. The SMILES string of the molecule is Cc1ccc(NC(=O)c2ccc(C)c(O)c2)c(O)c1. The van der Waals surface area contributed by atoms with Crippen LogP contribution in [0.15, 0.2) is 36.4 Å². The fourth-order valence-corrected chi connectivity index (χ4v) is 1.69. The molecule has 19 heavy (non-hydrogen) atoms. The monoisotopic (exact) mass is 257 g/mol. The Morgan fingerprint density at radius 3 is 2.37 bits per heavy atom. The molecule has 0 radical (unpaired) electrons. The summed E-state index contributed by atoms with van der Waals surface area (Å²) in [6.45, 7) is 3.60. The second kappa shape index (κ2) is 5.02. The predicted octanol–water partition coefficient (Wildman–Crippen LogP) is 2.97. The number of carbonyl (C=O) groups is 1. The van der Waals surface area contributed by atoms with Crippen molar-refractivity contribution in [3.05, 3.63) is 53.1 Å². The molecule has 0 aliphatic carbocycles. The van der Waals surface area contributed by atoms with E-state index in [0.29, 0.717) is 16.8 Å². The van der Waals surface area contributed by atoms with Gasteiger partial charge in [-0.3, -0.25) is 4.79 Å². The van der Waals surface area contributed by atoms with E-state index in [1.165, 1.54) is 6.07 Å². The number of aryl methyl sites for hydroxylation is 2. The number of carbonyl (C=O) groups excluding carboxylic acids is 1. The smallest absolute Gasteiger partial charge is 0.255 e. The van der Waals surface area contributed by atoms with Crippen molar-refractivity contribution in [3.8, 4) is 11.5 Å². The highest BCUT2D eigenvalue weighted by Gasteiger charge is 2.10. The van der Waals surface area contributed by atoms with Gasteiger partial charge in [-0.05, 0) is 49.2 Å². The highest BCUT2D eigenvalue weighted by molar-refractivity contribution is 6.05. The number of hydrogen-bond donors (Lipinski definition) is 3. The van der Waals surface area contributed by atoms with Crippen molar-refractivity contribution in [3.63, 3.8) is 0 Å². The summed E-state index contributed by atoms with van der Waals surface area (Å²) in [7, 11) is 0. The summed E-state index contributed by atoms with van der Waals surface area (Å²) in [5, 5.41) is 21.9. The van der Waals surface area contributed by atoms with E-state index in [9.17, 15) is 15.0 Å². The molecule has 0 saturated carbocycles. The average molecular weight is 257 g/mol. The standard InChI is InChI=1S/C15H15NO3/c1-9-3-6-12(14(18)7-9)16-15(19)11-5-4-10(2)13(17)8-11/h3-8,17-18H,1-2H3,(H,16,19). The third kappa shape index (κ3) is 2.85. The summed E-state index contributed by atoms with van der Waals surface area (Å²) in [5.41, 5.74) is 2.29. The van der Waals surface area contributed by atoms with Gasteiger partial charge in [-0.1, -0.05) is 12.1 Å². The minimum atomic E-state index is -0.380. The van der Waals surface area contributed by atoms with Crippen molar-refractivity contribution in [2.24, 2.45) is 0 Å². The number of amides is 1. The molecule has 0 saturated heterocycles. The first-order valence-electron chi connectivity index (χ1n) is 5.88. The Hall–Kier alpha value is -2.49. The maximum absolute atomic E-state index is 12.0. The lowest BCUT2D eigenvalue weighted by Crippen LogP contribution is -2.12. The van der Waals surface area contributed by atoms with Crippen LogP contribution < -0.4 is 5.32 Å². The van der Waals surface area contributed by atoms with Crippen LogP contribution in [-0.4, -0.2) is 16.1 Å². The van der Waals surface area contributed by atoms with E-state index in [1.807, 2.05) is 6.92 Å². The molecule has 2 aromatic carbocycles. The summed E-state index contributed by atoms with van der Waals surface area (Å²) in [6, 6.07) is 9.69. The molecule has 0 spiro atoms. The van der Waals surface area contributed by atoms with Crippen LogP contribution in [0.5, 0.6) is 11.5 Å². The van der Waals surface area contributed by atoms with Crippen molar-refractivity contribution in [1.82, 2.24) is 0 Å². The van der Waals surface area contributed by atoms with Gasteiger partial charge in [-0.25, -0.2) is 0 Å². The fraction of sp³-hybridized carbons (Fsp3) is 0.133. The maximum atomic E-state index is 12.0. The molecule has 0 atom stereocenters. The van der Waals surface area contributed by atoms with E-state index in [2.05, 4.69) is 5.32 Å². The molecule has 0 bridgehead atoms. The van der Waals surface area contributed by atoms with Gasteiger partial charge in [0.2, 0.25) is 0 Å². The molecule has 4 nitrogen and oxygen atoms in total. The quantitative estimate of drug-likeness (QED) is 0.724. The fourth-order valence-electron chi connectivity index (χ4n) is 1.69. The van der Waals surface area contributed by atoms with Crippen LogP contribution in [0.3, 0.4) is 0 Å². The van der Waals surface area contributed by atoms with Crippen LogP contribution in [0, 0.1) is 13.8 Å². The largest absolute Gasteiger partial charge is 0.508 e. The summed E-state index contributed by atoms with van der Waals surface area (Å²) < 4.78 is 0. The molecule has 3 N–H and O–H groups in total. The number of aromatic hydroxyl groups is 2. The van der Waals surface area contributed by atoms with Crippen molar-refractivity contribution < 1.29 is 15.0 Å². The molecular formula is C15H15NO3. The number of benzene rings is 2. The molecular weight excluding hydrogens is 242 g/mol. The number of phenolic OH excluding ortho intramolecular Hbond substituents is 2. The normalized spacial score (nSPS) is 10.2. The van der Waals surface area contributed by atoms with Crippen LogP contribution in [0.25, 0.3) is 0 Å². The molecule has 4 heteroatoms. The molecule has 2 aromatic rings. The molecule has 0 aliphatic rings. The van der Waals surface area contributed by atoms with Gasteiger partial charge in [0.25, 0.3) is 5.91 Å². The van der Waals surface area contributed by atoms with E-state index in [-0.39, 0.29) is 17.4 Å². The third-order valence-electron chi connectivity index (χ3n) is 2.87. The first-order chi connectivity index (χ1) is 8.97. The zero-order valence-electron chi connectivity index (χ0n) is 10.8. The summed E-state index contributed by atoms with van der Waals surface area (Å²) >= 11 is 0. The maximum Gasteiger partial charge on any atom is 0.255 e. The predicted molar refractivity (Wildman–Crippen MR) is 73.6 cm³/mol. The Labute approximate surface area is 111 Å². The van der Waals surface area contributed by atoms with Gasteiger partial charge in [0.1, 0.15) is 11.5 Å². The zero-order chi connectivity index (χ0) is 14.0. The Kier molecular flexibility index (Phi) is 3.42. The zero-order valence-corrected chi connectivity index (χ0v) is 10.8. The average Bonchev–Trinajstić information content (AvgIpc) is 2.36. The van der Waals surface area contributed by atoms with Crippen LogP contribution in [-0.2, 0) is 0 Å². The Morgan fingerprint density at radius 2 is 1.74 bits per heavy atom. The molecule has 1 amide bonds. The second-order valence-corrected chi connectivity index (χ2v) is 4.48. The van der Waals surface area contributed by atoms with Gasteiger partial charge >= 0.3 is 0 Å². The molecule has 0 unspecified atom stereocenters. The highest BCUT2D eigenvalue weighted by Crippen LogP contribution is 2.25. The van der Waals surface area contributed by atoms with Crippen LogP contribution in [0.4, 0.5) is 5.69 Å². The van der Waals surface area contributed by atoms with Gasteiger partial charge < -0.3 is 15.5 Å². The van der Waals surface area contributed by atoms with Gasteiger partial charge in [0.15, 0.2) is 0 Å². The second-order valence-electron chi connectivity index (χ2n) is 4.48. The number of hydrogen-bond acceptors (Lipinski definition) is 3. The molecule has 98 valence electrons. The van der Waals surface area contributed by atoms with E-state index in [4.69, 9.17) is 0 Å². The van der Waals surface area contributed by atoms with Crippen LogP contribution in [0.2, 0.25) is 0 Å². The third-order valence-corrected chi connectivity index (χ3v) is 2.87. The van der Waals surface area contributed by atoms with Gasteiger partial charge in [0.05, 0.1) is 5.69 Å². The molecule has 2 rings (SSSR count). The van der Waals surface area contributed by atoms with E-state index in [0.717, 1.165) is 5.56 Å². The van der Waals surface area contributed by atoms with E-state index < -0.39 is 0 Å². The Balaban J connectivity index is 2.23. The summed E-state index contributed by atoms with van der Waals surface area (Å²) in [6.07, 6.45) is 0. The van der Waals surface area contributed by atoms with Crippen molar-refractivity contribution in [2.45, 2.75) is 13.8 Å². The minimum Gasteiger partial charge on any atom is -0.508 e. The van der Waals surface area contributed by atoms with Gasteiger partial charge in [-0.2, -0.15) is 0 Å². The lowest BCUT2D eigenvalue weighted by molar-refractivity contribution is 0.102. The van der Waals surface area contributed by atoms with Crippen molar-refractivity contribution >= 4 is 11.6 Å². The Bertz CT molecular complexity index is 635. The first kappa shape index (κ1) is 13.0. The Morgan fingerprint density at radius 1 is 1.00 bits per heavy atom. The van der Waals surface area contributed by atoms with E-state index in [1.54, 1.807) is 37.3 Å². The summed E-state index contributed by atoms with van der Waals surface area (Å²) in [5.74, 6) is -0.292. The number of rotatable bonds is 2. The van der Waals surface area contributed by atoms with Crippen molar-refractivity contribution in [2.75, 3.05) is 5.32 Å². The molecule has 0 heterocycles. The van der Waals surface area contributed by atoms with Gasteiger partial charge in [-0.15, -0.1) is 0 Å².